The summed E-state index contributed by atoms with van der Waals surface area (Å²) >= 11 is 1.58. The maximum absolute atomic E-state index is 11.1. The normalized spacial score (nSPS) is 10.4. The summed E-state index contributed by atoms with van der Waals surface area (Å²) in [5, 5.41) is 11.2. The molecule has 0 amide bonds. The number of thiophene rings is 1. The van der Waals surface area contributed by atoms with Crippen molar-refractivity contribution in [3.8, 4) is 33.1 Å². The minimum atomic E-state index is -0.923. The Kier molecular flexibility index (Phi) is 4.53. The Balaban J connectivity index is 1.96. The van der Waals surface area contributed by atoms with Crippen LogP contribution in [0.5, 0.6) is 11.5 Å². The fourth-order valence-corrected chi connectivity index (χ4v) is 3.38. The molecule has 1 aromatic heterocycles. The molecule has 0 radical (unpaired) electrons. The molecule has 0 atom stereocenters. The van der Waals surface area contributed by atoms with Gasteiger partial charge in [-0.3, -0.25) is 0 Å². The zero-order valence-corrected chi connectivity index (χ0v) is 14.1. The number of carboxylic acids is 1. The zero-order valence-electron chi connectivity index (χ0n) is 13.3. The number of ether oxygens (including phenoxy) is 2. The number of rotatable bonds is 5. The van der Waals surface area contributed by atoms with Crippen LogP contribution < -0.4 is 9.47 Å². The van der Waals surface area contributed by atoms with Crippen molar-refractivity contribution in [3.05, 3.63) is 59.5 Å². The van der Waals surface area contributed by atoms with Crippen molar-refractivity contribution in [1.82, 2.24) is 0 Å². The molecule has 2 aromatic carbocycles. The van der Waals surface area contributed by atoms with Gasteiger partial charge in [-0.25, -0.2) is 4.79 Å². The third kappa shape index (κ3) is 3.12. The molecule has 1 heterocycles. The molecular formula is C19H16O4S. The molecule has 0 saturated heterocycles. The van der Waals surface area contributed by atoms with E-state index < -0.39 is 5.97 Å². The Morgan fingerprint density at radius 2 is 1.71 bits per heavy atom. The first kappa shape index (κ1) is 16.1. The van der Waals surface area contributed by atoms with Crippen LogP contribution in [0.4, 0.5) is 0 Å². The third-order valence-corrected chi connectivity index (χ3v) is 4.69. The van der Waals surface area contributed by atoms with E-state index in [1.54, 1.807) is 43.8 Å². The smallest absolute Gasteiger partial charge is 0.335 e. The summed E-state index contributed by atoms with van der Waals surface area (Å²) in [5.74, 6) is 0.440. The number of carboxylic acid groups (broad SMARTS) is 1. The number of hydrogen-bond donors (Lipinski definition) is 1. The van der Waals surface area contributed by atoms with E-state index in [4.69, 9.17) is 14.6 Å². The fraction of sp³-hybridized carbons (Fsp3) is 0.105. The maximum Gasteiger partial charge on any atom is 0.335 e. The Morgan fingerprint density at radius 3 is 2.42 bits per heavy atom. The van der Waals surface area contributed by atoms with Crippen LogP contribution in [-0.4, -0.2) is 25.3 Å². The molecule has 0 spiro atoms. The number of aromatic carboxylic acids is 1. The first-order valence-electron chi connectivity index (χ1n) is 7.27. The minimum absolute atomic E-state index is 0.286. The van der Waals surface area contributed by atoms with Crippen molar-refractivity contribution in [2.24, 2.45) is 0 Å². The topological polar surface area (TPSA) is 55.8 Å². The van der Waals surface area contributed by atoms with E-state index in [0.29, 0.717) is 11.5 Å². The third-order valence-electron chi connectivity index (χ3n) is 3.71. The lowest BCUT2D eigenvalue weighted by atomic mass is 10.1. The lowest BCUT2D eigenvalue weighted by Gasteiger charge is -2.08. The maximum atomic E-state index is 11.1. The van der Waals surface area contributed by atoms with Crippen molar-refractivity contribution >= 4 is 17.3 Å². The molecule has 122 valence electrons. The van der Waals surface area contributed by atoms with Gasteiger partial charge in [0.25, 0.3) is 0 Å². The van der Waals surface area contributed by atoms with Gasteiger partial charge in [0.1, 0.15) is 0 Å². The van der Waals surface area contributed by atoms with Gasteiger partial charge in [-0.1, -0.05) is 18.2 Å². The van der Waals surface area contributed by atoms with Crippen molar-refractivity contribution in [2.75, 3.05) is 14.2 Å². The summed E-state index contributed by atoms with van der Waals surface area (Å²) in [5.41, 5.74) is 3.25. The Hall–Kier alpha value is -2.79. The number of carbonyl (C=O) groups is 1. The molecule has 0 aliphatic carbocycles. The first-order valence-corrected chi connectivity index (χ1v) is 8.15. The van der Waals surface area contributed by atoms with E-state index in [1.165, 1.54) is 0 Å². The van der Waals surface area contributed by atoms with Gasteiger partial charge < -0.3 is 14.6 Å². The predicted octanol–water partition coefficient (Wildman–Crippen LogP) is 4.80. The highest BCUT2D eigenvalue weighted by Crippen LogP contribution is 2.36. The van der Waals surface area contributed by atoms with E-state index in [0.717, 1.165) is 21.6 Å². The first-order chi connectivity index (χ1) is 11.6. The second-order valence-electron chi connectivity index (χ2n) is 5.16. The van der Waals surface area contributed by atoms with E-state index in [1.807, 2.05) is 35.7 Å². The summed E-state index contributed by atoms with van der Waals surface area (Å²) in [4.78, 5) is 12.1. The van der Waals surface area contributed by atoms with Crippen LogP contribution in [0.15, 0.2) is 53.9 Å². The zero-order chi connectivity index (χ0) is 17.1. The molecule has 5 heteroatoms. The standard InChI is InChI=1S/C19H16O4S/c1-22-16-7-6-12(9-17(16)23-2)15-10-18(24-11-15)13-4-3-5-14(8-13)19(20)21/h3-11H,1-2H3,(H,20,21). The highest BCUT2D eigenvalue weighted by atomic mass is 32.1. The summed E-state index contributed by atoms with van der Waals surface area (Å²) in [7, 11) is 3.22. The van der Waals surface area contributed by atoms with E-state index >= 15 is 0 Å². The molecule has 4 nitrogen and oxygen atoms in total. The van der Waals surface area contributed by atoms with Crippen molar-refractivity contribution < 1.29 is 19.4 Å². The molecule has 0 bridgehead atoms. The molecular weight excluding hydrogens is 324 g/mol. The largest absolute Gasteiger partial charge is 0.493 e. The molecule has 0 unspecified atom stereocenters. The lowest BCUT2D eigenvalue weighted by Crippen LogP contribution is -1.95. The van der Waals surface area contributed by atoms with Gasteiger partial charge in [0.15, 0.2) is 11.5 Å². The van der Waals surface area contributed by atoms with Crippen LogP contribution in [0, 0.1) is 0 Å². The van der Waals surface area contributed by atoms with E-state index in [-0.39, 0.29) is 5.56 Å². The molecule has 0 saturated carbocycles. The summed E-state index contributed by atoms with van der Waals surface area (Å²) in [6.45, 7) is 0. The van der Waals surface area contributed by atoms with Gasteiger partial charge in [0, 0.05) is 4.88 Å². The Labute approximate surface area is 143 Å². The van der Waals surface area contributed by atoms with Crippen LogP contribution in [0.25, 0.3) is 21.6 Å². The van der Waals surface area contributed by atoms with Gasteiger partial charge in [-0.2, -0.15) is 0 Å². The minimum Gasteiger partial charge on any atom is -0.493 e. The van der Waals surface area contributed by atoms with E-state index in [2.05, 4.69) is 0 Å². The van der Waals surface area contributed by atoms with Gasteiger partial charge in [0.05, 0.1) is 19.8 Å². The van der Waals surface area contributed by atoms with Gasteiger partial charge >= 0.3 is 5.97 Å². The van der Waals surface area contributed by atoms with Gasteiger partial charge in [0.2, 0.25) is 0 Å². The molecule has 3 aromatic rings. The van der Waals surface area contributed by atoms with Crippen LogP contribution in [0.1, 0.15) is 10.4 Å². The van der Waals surface area contributed by atoms with Crippen molar-refractivity contribution in [3.63, 3.8) is 0 Å². The number of methoxy groups -OCH3 is 2. The highest BCUT2D eigenvalue weighted by molar-refractivity contribution is 7.14. The molecule has 0 aliphatic rings. The average Bonchev–Trinajstić information content (AvgIpc) is 3.11. The van der Waals surface area contributed by atoms with Crippen molar-refractivity contribution in [2.45, 2.75) is 0 Å². The second kappa shape index (κ2) is 6.76. The van der Waals surface area contributed by atoms with E-state index in [9.17, 15) is 4.79 Å². The summed E-state index contributed by atoms with van der Waals surface area (Å²) in [6.07, 6.45) is 0. The molecule has 24 heavy (non-hydrogen) atoms. The van der Waals surface area contributed by atoms with Crippen LogP contribution in [0.3, 0.4) is 0 Å². The molecule has 0 aliphatic heterocycles. The average molecular weight is 340 g/mol. The van der Waals surface area contributed by atoms with Gasteiger partial charge in [-0.05, 0) is 52.4 Å². The summed E-state index contributed by atoms with van der Waals surface area (Å²) < 4.78 is 10.6. The fourth-order valence-electron chi connectivity index (χ4n) is 2.46. The Bertz CT molecular complexity index is 883. The molecule has 3 rings (SSSR count). The lowest BCUT2D eigenvalue weighted by molar-refractivity contribution is 0.0697. The van der Waals surface area contributed by atoms with Crippen molar-refractivity contribution in [1.29, 1.82) is 0 Å². The molecule has 0 fully saturated rings. The molecule has 1 N–H and O–H groups in total. The number of benzene rings is 2. The monoisotopic (exact) mass is 340 g/mol. The number of hydrogen-bond acceptors (Lipinski definition) is 4. The summed E-state index contributed by atoms with van der Waals surface area (Å²) in [6, 6.07) is 14.8. The SMILES string of the molecule is COc1ccc(-c2csc(-c3cccc(C(=O)O)c3)c2)cc1OC. The Morgan fingerprint density at radius 1 is 0.917 bits per heavy atom. The van der Waals surface area contributed by atoms with Crippen LogP contribution in [0.2, 0.25) is 0 Å². The highest BCUT2D eigenvalue weighted by Gasteiger charge is 2.10. The van der Waals surface area contributed by atoms with Crippen LogP contribution >= 0.6 is 11.3 Å². The van der Waals surface area contributed by atoms with Gasteiger partial charge in [-0.15, -0.1) is 11.3 Å². The predicted molar refractivity (Wildman–Crippen MR) is 95.3 cm³/mol. The quantitative estimate of drug-likeness (QED) is 0.725. The second-order valence-corrected chi connectivity index (χ2v) is 6.07. The van der Waals surface area contributed by atoms with Crippen LogP contribution in [-0.2, 0) is 0 Å².